The van der Waals surface area contributed by atoms with Crippen LogP contribution < -0.4 is 15.4 Å². The first-order valence-corrected chi connectivity index (χ1v) is 15.5. The summed E-state index contributed by atoms with van der Waals surface area (Å²) in [5.41, 5.74) is 0.946. The van der Waals surface area contributed by atoms with E-state index < -0.39 is 23.0 Å². The molecule has 15 heteroatoms. The van der Waals surface area contributed by atoms with Crippen molar-refractivity contribution in [3.63, 3.8) is 0 Å². The van der Waals surface area contributed by atoms with Crippen LogP contribution in [0.2, 0.25) is 0 Å². The van der Waals surface area contributed by atoms with E-state index in [-0.39, 0.29) is 22.9 Å². The fraction of sp³-hybridized carbons (Fsp3) is 0. The van der Waals surface area contributed by atoms with Crippen LogP contribution in [0.1, 0.15) is 41.7 Å². The number of pyridine rings is 2. The Morgan fingerprint density at radius 3 is 1.62 bits per heavy atom. The highest BCUT2D eigenvalue weighted by Crippen LogP contribution is 2.20. The van der Waals surface area contributed by atoms with Gasteiger partial charge in [-0.25, -0.2) is 24.7 Å². The van der Waals surface area contributed by atoms with E-state index in [9.17, 15) is 24.3 Å². The standard InChI is InChI=1S/C16H11N3O3S.C9H7N3O2S.C7H5ClO/c20-14(19-16-18-9-10-23-16)13-12(7-4-8-17-13)22-15(21)11-5-2-1-3-6-11;13-6-2-1-3-10-7(6)8(14)12-9-11-4-5-15-9;8-7(9)6-4-2-1-3-5-6/h1-10H,(H,18,19,20);1-5,13H,(H,11,12,14);1-5H. The maximum atomic E-state index is 12.3. The lowest BCUT2D eigenvalue weighted by molar-refractivity contribution is 0.0731. The van der Waals surface area contributed by atoms with E-state index in [2.05, 4.69) is 30.6 Å². The van der Waals surface area contributed by atoms with Crippen molar-refractivity contribution in [2.24, 2.45) is 0 Å². The van der Waals surface area contributed by atoms with Crippen molar-refractivity contribution in [2.45, 2.75) is 0 Å². The molecular weight excluding hydrogens is 664 g/mol. The zero-order chi connectivity index (χ0) is 33.4. The molecule has 236 valence electrons. The Balaban J connectivity index is 0.000000178. The third-order valence-corrected chi connectivity index (χ3v) is 7.10. The van der Waals surface area contributed by atoms with Gasteiger partial charge in [0.25, 0.3) is 17.1 Å². The molecule has 6 aromatic rings. The number of benzene rings is 2. The number of nitrogens with zero attached hydrogens (tertiary/aromatic N) is 4. The first-order valence-electron chi connectivity index (χ1n) is 13.3. The van der Waals surface area contributed by atoms with Gasteiger partial charge in [0.15, 0.2) is 27.4 Å². The number of hydrogen-bond acceptors (Lipinski definition) is 12. The second kappa shape index (κ2) is 17.6. The number of rotatable bonds is 7. The molecular formula is C32H23ClN6O6S2. The van der Waals surface area contributed by atoms with Gasteiger partial charge in [0.2, 0.25) is 0 Å². The van der Waals surface area contributed by atoms with Crippen LogP contribution in [0.15, 0.2) is 120 Å². The molecule has 6 rings (SSSR count). The summed E-state index contributed by atoms with van der Waals surface area (Å²) in [7, 11) is 0. The predicted octanol–water partition coefficient (Wildman–Crippen LogP) is 6.57. The average molecular weight is 687 g/mol. The van der Waals surface area contributed by atoms with Crippen molar-refractivity contribution in [3.8, 4) is 11.5 Å². The number of aromatic nitrogens is 4. The Hall–Kier alpha value is -5.83. The molecule has 4 aromatic heterocycles. The van der Waals surface area contributed by atoms with Gasteiger partial charge in [0.1, 0.15) is 5.75 Å². The van der Waals surface area contributed by atoms with E-state index >= 15 is 0 Å². The number of carbonyl (C=O) groups is 4. The number of thiazole rings is 2. The normalized spacial score (nSPS) is 9.81. The molecule has 4 heterocycles. The maximum Gasteiger partial charge on any atom is 0.343 e. The molecule has 0 unspecified atom stereocenters. The SMILES string of the molecule is O=C(Cl)c1ccccc1.O=C(Nc1nccs1)c1ncccc1O.O=C(Oc1cccnc1C(=O)Nc1nccs1)c1ccccc1. The third-order valence-electron chi connectivity index (χ3n) is 5.51. The van der Waals surface area contributed by atoms with Crippen molar-refractivity contribution in [2.75, 3.05) is 10.6 Å². The highest BCUT2D eigenvalue weighted by Gasteiger charge is 2.18. The summed E-state index contributed by atoms with van der Waals surface area (Å²) >= 11 is 7.75. The van der Waals surface area contributed by atoms with Gasteiger partial charge in [-0.2, -0.15) is 0 Å². The largest absolute Gasteiger partial charge is 0.505 e. The quantitative estimate of drug-likeness (QED) is 0.123. The van der Waals surface area contributed by atoms with Crippen molar-refractivity contribution < 1.29 is 29.0 Å². The van der Waals surface area contributed by atoms with E-state index in [4.69, 9.17) is 16.3 Å². The van der Waals surface area contributed by atoms with E-state index in [0.717, 1.165) is 0 Å². The lowest BCUT2D eigenvalue weighted by Gasteiger charge is -2.08. The molecule has 2 aromatic carbocycles. The number of amides is 2. The summed E-state index contributed by atoms with van der Waals surface area (Å²) in [6, 6.07) is 23.3. The Morgan fingerprint density at radius 2 is 1.13 bits per heavy atom. The number of nitrogens with one attached hydrogen (secondary N) is 2. The molecule has 0 saturated heterocycles. The van der Waals surface area contributed by atoms with E-state index in [0.29, 0.717) is 21.4 Å². The van der Waals surface area contributed by atoms with Crippen LogP contribution in [0, 0.1) is 0 Å². The van der Waals surface area contributed by atoms with Gasteiger partial charge in [-0.1, -0.05) is 48.5 Å². The summed E-state index contributed by atoms with van der Waals surface area (Å²) in [5.74, 6) is -1.57. The summed E-state index contributed by atoms with van der Waals surface area (Å²) in [6.07, 6.45) is 6.06. The highest BCUT2D eigenvalue weighted by molar-refractivity contribution is 7.14. The summed E-state index contributed by atoms with van der Waals surface area (Å²) in [5, 5.41) is 18.5. The van der Waals surface area contributed by atoms with E-state index in [1.54, 1.807) is 89.9 Å². The Bertz CT molecular complexity index is 1910. The number of hydrogen-bond donors (Lipinski definition) is 3. The van der Waals surface area contributed by atoms with Crippen LogP contribution in [-0.4, -0.2) is 48.1 Å². The van der Waals surface area contributed by atoms with Crippen LogP contribution in [0.25, 0.3) is 0 Å². The van der Waals surface area contributed by atoms with Crippen molar-refractivity contribution in [1.82, 2.24) is 19.9 Å². The highest BCUT2D eigenvalue weighted by atomic mass is 35.5. The number of ether oxygens (including phenoxy) is 1. The fourth-order valence-electron chi connectivity index (χ4n) is 3.40. The minimum atomic E-state index is -0.554. The maximum absolute atomic E-state index is 12.3. The molecule has 0 atom stereocenters. The lowest BCUT2D eigenvalue weighted by Crippen LogP contribution is -2.17. The lowest BCUT2D eigenvalue weighted by atomic mass is 10.2. The van der Waals surface area contributed by atoms with Gasteiger partial charge in [-0.15, -0.1) is 22.7 Å². The molecule has 0 bridgehead atoms. The average Bonchev–Trinajstić information content (AvgIpc) is 3.81. The third kappa shape index (κ3) is 10.6. The zero-order valence-electron chi connectivity index (χ0n) is 24.0. The molecule has 0 radical (unpaired) electrons. The van der Waals surface area contributed by atoms with Crippen molar-refractivity contribution in [1.29, 1.82) is 0 Å². The number of halogens is 1. The molecule has 3 N–H and O–H groups in total. The molecule has 0 aliphatic heterocycles. The first-order chi connectivity index (χ1) is 22.8. The van der Waals surface area contributed by atoms with Crippen LogP contribution in [0.4, 0.5) is 10.3 Å². The number of esters is 1. The van der Waals surface area contributed by atoms with Gasteiger partial charge < -0.3 is 9.84 Å². The Morgan fingerprint density at radius 1 is 0.617 bits per heavy atom. The monoisotopic (exact) mass is 686 g/mol. The topological polar surface area (TPSA) is 173 Å². The number of anilines is 2. The minimum absolute atomic E-state index is 0.00676. The molecule has 12 nitrogen and oxygen atoms in total. The van der Waals surface area contributed by atoms with Gasteiger partial charge >= 0.3 is 5.97 Å². The second-order valence-electron chi connectivity index (χ2n) is 8.70. The second-order valence-corrected chi connectivity index (χ2v) is 10.8. The Labute approximate surface area is 280 Å². The van der Waals surface area contributed by atoms with Crippen molar-refractivity contribution >= 4 is 67.6 Å². The summed E-state index contributed by atoms with van der Waals surface area (Å²) in [6.45, 7) is 0. The molecule has 0 aliphatic carbocycles. The van der Waals surface area contributed by atoms with Crippen molar-refractivity contribution in [3.05, 3.63) is 143 Å². The van der Waals surface area contributed by atoms with Crippen LogP contribution in [-0.2, 0) is 0 Å². The summed E-state index contributed by atoms with van der Waals surface area (Å²) < 4.78 is 5.29. The first kappa shape index (κ1) is 34.1. The number of carbonyl (C=O) groups excluding carboxylic acids is 4. The zero-order valence-corrected chi connectivity index (χ0v) is 26.4. The fourth-order valence-corrected chi connectivity index (χ4v) is 4.57. The van der Waals surface area contributed by atoms with E-state index in [1.807, 2.05) is 6.07 Å². The molecule has 47 heavy (non-hydrogen) atoms. The molecule has 2 amide bonds. The van der Waals surface area contributed by atoms with E-state index in [1.165, 1.54) is 47.2 Å². The molecule has 0 aliphatic rings. The Kier molecular flexibility index (Phi) is 12.8. The van der Waals surface area contributed by atoms with Crippen LogP contribution in [0.5, 0.6) is 11.5 Å². The molecule has 0 saturated carbocycles. The molecule has 0 spiro atoms. The van der Waals surface area contributed by atoms with Gasteiger partial charge in [0, 0.05) is 41.1 Å². The number of aromatic hydroxyl groups is 1. The predicted molar refractivity (Wildman–Crippen MR) is 178 cm³/mol. The van der Waals surface area contributed by atoms with Crippen LogP contribution >= 0.6 is 34.3 Å². The minimum Gasteiger partial charge on any atom is -0.505 e. The molecule has 0 fully saturated rings. The van der Waals surface area contributed by atoms with Gasteiger partial charge in [-0.05, 0) is 48.0 Å². The van der Waals surface area contributed by atoms with Gasteiger partial charge in [-0.3, -0.25) is 25.0 Å². The van der Waals surface area contributed by atoms with Gasteiger partial charge in [0.05, 0.1) is 5.56 Å². The van der Waals surface area contributed by atoms with Crippen LogP contribution in [0.3, 0.4) is 0 Å². The summed E-state index contributed by atoms with van der Waals surface area (Å²) in [4.78, 5) is 62.0. The smallest absolute Gasteiger partial charge is 0.343 e.